The van der Waals surface area contributed by atoms with Gasteiger partial charge in [0.2, 0.25) is 5.91 Å². The minimum atomic E-state index is -0.698. The Labute approximate surface area is 220 Å². The third kappa shape index (κ3) is 8.41. The van der Waals surface area contributed by atoms with Crippen molar-refractivity contribution in [1.82, 2.24) is 10.2 Å². The number of amides is 2. The highest BCUT2D eigenvalue weighted by atomic mass is 79.9. The van der Waals surface area contributed by atoms with E-state index in [1.54, 1.807) is 29.2 Å². The van der Waals surface area contributed by atoms with Crippen molar-refractivity contribution in [2.75, 3.05) is 6.61 Å². The molecular weight excluding hydrogens is 528 g/mol. The molecule has 2 atom stereocenters. The van der Waals surface area contributed by atoms with Gasteiger partial charge < -0.3 is 15.0 Å². The number of carbonyl (C=O) groups is 2. The van der Waals surface area contributed by atoms with Crippen LogP contribution in [-0.4, -0.2) is 35.4 Å². The van der Waals surface area contributed by atoms with Crippen LogP contribution in [0.1, 0.15) is 31.4 Å². The molecular formula is C28H30BrClN2O3. The van der Waals surface area contributed by atoms with E-state index in [1.807, 2.05) is 68.4 Å². The Balaban J connectivity index is 1.89. The molecule has 0 aliphatic heterocycles. The van der Waals surface area contributed by atoms with Crippen LogP contribution in [0.5, 0.6) is 5.75 Å². The summed E-state index contributed by atoms with van der Waals surface area (Å²) >= 11 is 9.41. The third-order valence-corrected chi connectivity index (χ3v) is 6.49. The molecule has 0 saturated heterocycles. The number of hydrogen-bond acceptors (Lipinski definition) is 3. The largest absolute Gasteiger partial charge is 0.484 e. The fourth-order valence-electron chi connectivity index (χ4n) is 3.54. The highest BCUT2D eigenvalue weighted by Gasteiger charge is 2.31. The quantitative estimate of drug-likeness (QED) is 0.313. The van der Waals surface area contributed by atoms with Gasteiger partial charge in [0.15, 0.2) is 6.61 Å². The van der Waals surface area contributed by atoms with E-state index in [1.165, 1.54) is 0 Å². The van der Waals surface area contributed by atoms with Gasteiger partial charge in [0.05, 0.1) is 0 Å². The maximum absolute atomic E-state index is 13.5. The van der Waals surface area contributed by atoms with Crippen LogP contribution in [0.3, 0.4) is 0 Å². The summed E-state index contributed by atoms with van der Waals surface area (Å²) in [6, 6.07) is 23.6. The Bertz CT molecular complexity index is 1090. The summed E-state index contributed by atoms with van der Waals surface area (Å²) in [5.41, 5.74) is 1.89. The van der Waals surface area contributed by atoms with E-state index in [9.17, 15) is 9.59 Å². The first kappa shape index (κ1) is 26.8. The summed E-state index contributed by atoms with van der Waals surface area (Å²) in [5, 5.41) is 3.65. The first-order chi connectivity index (χ1) is 16.9. The van der Waals surface area contributed by atoms with Crippen molar-refractivity contribution < 1.29 is 14.3 Å². The predicted molar refractivity (Wildman–Crippen MR) is 143 cm³/mol. The summed E-state index contributed by atoms with van der Waals surface area (Å²) in [6.07, 6.45) is 1.19. The Kier molecular flexibility index (Phi) is 10.2. The SMILES string of the molecule is CC[C@H](C)NC(=O)[C@@H](Cc1ccccc1)N(Cc1ccc(Br)cc1)C(=O)COc1ccc(Cl)cc1. The lowest BCUT2D eigenvalue weighted by Crippen LogP contribution is -2.53. The molecule has 0 fully saturated rings. The molecule has 3 aromatic carbocycles. The maximum Gasteiger partial charge on any atom is 0.261 e. The second-order valence-corrected chi connectivity index (χ2v) is 9.77. The zero-order valence-electron chi connectivity index (χ0n) is 19.9. The van der Waals surface area contributed by atoms with Gasteiger partial charge in [-0.2, -0.15) is 0 Å². The van der Waals surface area contributed by atoms with Gasteiger partial charge in [-0.15, -0.1) is 0 Å². The van der Waals surface area contributed by atoms with Gasteiger partial charge in [0.1, 0.15) is 11.8 Å². The van der Waals surface area contributed by atoms with Crippen LogP contribution >= 0.6 is 27.5 Å². The Morgan fingerprint density at radius 1 is 0.971 bits per heavy atom. The molecule has 0 aromatic heterocycles. The molecule has 184 valence electrons. The van der Waals surface area contributed by atoms with Crippen molar-refractivity contribution in [3.8, 4) is 5.75 Å². The first-order valence-electron chi connectivity index (χ1n) is 11.6. The number of benzene rings is 3. The molecule has 0 aliphatic carbocycles. The number of rotatable bonds is 11. The summed E-state index contributed by atoms with van der Waals surface area (Å²) in [6.45, 7) is 4.06. The molecule has 0 bridgehead atoms. The van der Waals surface area contributed by atoms with Crippen LogP contribution in [-0.2, 0) is 22.6 Å². The Morgan fingerprint density at radius 3 is 2.26 bits per heavy atom. The van der Waals surface area contributed by atoms with Crippen molar-refractivity contribution in [3.05, 3.63) is 99.5 Å². The number of carbonyl (C=O) groups excluding carboxylic acids is 2. The number of hydrogen-bond donors (Lipinski definition) is 1. The molecule has 1 N–H and O–H groups in total. The molecule has 35 heavy (non-hydrogen) atoms. The molecule has 3 rings (SSSR count). The summed E-state index contributed by atoms with van der Waals surface area (Å²) in [4.78, 5) is 28.6. The van der Waals surface area contributed by atoms with Gasteiger partial charge in [-0.05, 0) is 60.9 Å². The minimum absolute atomic E-state index is 0.00396. The highest BCUT2D eigenvalue weighted by molar-refractivity contribution is 9.10. The Morgan fingerprint density at radius 2 is 1.63 bits per heavy atom. The molecule has 3 aromatic rings. The van der Waals surface area contributed by atoms with Gasteiger partial charge in [-0.3, -0.25) is 9.59 Å². The van der Waals surface area contributed by atoms with Crippen LogP contribution in [0, 0.1) is 0 Å². The van der Waals surface area contributed by atoms with E-state index < -0.39 is 6.04 Å². The van der Waals surface area contributed by atoms with Crippen molar-refractivity contribution in [2.45, 2.75) is 45.3 Å². The van der Waals surface area contributed by atoms with Gasteiger partial charge in [0.25, 0.3) is 5.91 Å². The highest BCUT2D eigenvalue weighted by Crippen LogP contribution is 2.19. The van der Waals surface area contributed by atoms with Crippen molar-refractivity contribution in [1.29, 1.82) is 0 Å². The number of ether oxygens (including phenoxy) is 1. The zero-order chi connectivity index (χ0) is 25.2. The molecule has 0 spiro atoms. The smallest absolute Gasteiger partial charge is 0.261 e. The fourth-order valence-corrected chi connectivity index (χ4v) is 3.93. The molecule has 0 aliphatic rings. The van der Waals surface area contributed by atoms with E-state index in [0.29, 0.717) is 17.2 Å². The zero-order valence-corrected chi connectivity index (χ0v) is 22.3. The summed E-state index contributed by atoms with van der Waals surface area (Å²) in [5.74, 6) is 0.0817. The van der Waals surface area contributed by atoms with Gasteiger partial charge >= 0.3 is 0 Å². The second-order valence-electron chi connectivity index (χ2n) is 8.41. The molecule has 0 radical (unpaired) electrons. The normalized spacial score (nSPS) is 12.5. The lowest BCUT2D eigenvalue weighted by atomic mass is 10.0. The van der Waals surface area contributed by atoms with Crippen LogP contribution in [0.4, 0.5) is 0 Å². The summed E-state index contributed by atoms with van der Waals surface area (Å²) < 4.78 is 6.70. The standard InChI is InChI=1S/C28H30BrClN2O3/c1-3-20(2)31-28(34)26(17-21-7-5-4-6-8-21)32(18-22-9-11-23(29)12-10-22)27(33)19-35-25-15-13-24(30)14-16-25/h4-16,20,26H,3,17-19H2,1-2H3,(H,31,34)/t20-,26+/m0/s1. The van der Waals surface area contributed by atoms with Crippen LogP contribution in [0.15, 0.2) is 83.3 Å². The van der Waals surface area contributed by atoms with Gasteiger partial charge in [0, 0.05) is 28.5 Å². The molecule has 0 saturated carbocycles. The monoisotopic (exact) mass is 556 g/mol. The van der Waals surface area contributed by atoms with E-state index >= 15 is 0 Å². The topological polar surface area (TPSA) is 58.6 Å². The maximum atomic E-state index is 13.5. The van der Waals surface area contributed by atoms with Crippen molar-refractivity contribution >= 4 is 39.3 Å². The van der Waals surface area contributed by atoms with E-state index in [4.69, 9.17) is 16.3 Å². The lowest BCUT2D eigenvalue weighted by molar-refractivity contribution is -0.143. The van der Waals surface area contributed by atoms with E-state index in [2.05, 4.69) is 21.2 Å². The molecule has 0 unspecified atom stereocenters. The first-order valence-corrected chi connectivity index (χ1v) is 12.8. The fraction of sp³-hybridized carbons (Fsp3) is 0.286. The van der Waals surface area contributed by atoms with Crippen molar-refractivity contribution in [3.63, 3.8) is 0 Å². The van der Waals surface area contributed by atoms with Crippen LogP contribution in [0.2, 0.25) is 5.02 Å². The van der Waals surface area contributed by atoms with Crippen LogP contribution in [0.25, 0.3) is 0 Å². The number of nitrogens with one attached hydrogen (secondary N) is 1. The van der Waals surface area contributed by atoms with Gasteiger partial charge in [-0.25, -0.2) is 0 Å². The van der Waals surface area contributed by atoms with Crippen LogP contribution < -0.4 is 10.1 Å². The summed E-state index contributed by atoms with van der Waals surface area (Å²) in [7, 11) is 0. The molecule has 2 amide bonds. The second kappa shape index (κ2) is 13.3. The third-order valence-electron chi connectivity index (χ3n) is 5.71. The lowest BCUT2D eigenvalue weighted by Gasteiger charge is -2.32. The number of nitrogens with zero attached hydrogens (tertiary/aromatic N) is 1. The molecule has 5 nitrogen and oxygen atoms in total. The predicted octanol–water partition coefficient (Wildman–Crippen LogP) is 6.04. The average Bonchev–Trinajstić information content (AvgIpc) is 2.87. The Hall–Kier alpha value is -2.83. The minimum Gasteiger partial charge on any atom is -0.484 e. The molecule has 7 heteroatoms. The average molecular weight is 558 g/mol. The van der Waals surface area contributed by atoms with Crippen molar-refractivity contribution in [2.24, 2.45) is 0 Å². The number of halogens is 2. The molecule has 0 heterocycles. The van der Waals surface area contributed by atoms with Gasteiger partial charge in [-0.1, -0.05) is 76.9 Å². The van der Waals surface area contributed by atoms with E-state index in [0.717, 1.165) is 22.0 Å². The van der Waals surface area contributed by atoms with E-state index in [-0.39, 0.29) is 31.0 Å².